The standard InChI is InChI=1S/C9H18N2O4/c1-3-7(8(12)13)11-9(14)10-5-4-6-15-2/h7H,3-6H2,1-2H3,(H,12,13)(H2,10,11,14)/t7-/m0/s1. The summed E-state index contributed by atoms with van der Waals surface area (Å²) in [7, 11) is 1.58. The molecule has 0 aliphatic carbocycles. The maximum absolute atomic E-state index is 11.2. The normalized spacial score (nSPS) is 11.9. The van der Waals surface area contributed by atoms with E-state index in [9.17, 15) is 9.59 Å². The molecular weight excluding hydrogens is 200 g/mol. The van der Waals surface area contributed by atoms with Gasteiger partial charge in [0.25, 0.3) is 0 Å². The highest BCUT2D eigenvalue weighted by molar-refractivity contribution is 5.82. The van der Waals surface area contributed by atoms with Crippen LogP contribution in [0.5, 0.6) is 0 Å². The smallest absolute Gasteiger partial charge is 0.326 e. The third-order valence-corrected chi connectivity index (χ3v) is 1.82. The van der Waals surface area contributed by atoms with Gasteiger partial charge in [0.05, 0.1) is 0 Å². The van der Waals surface area contributed by atoms with E-state index < -0.39 is 18.0 Å². The molecule has 2 amide bonds. The van der Waals surface area contributed by atoms with Gasteiger partial charge in [0.2, 0.25) is 0 Å². The van der Waals surface area contributed by atoms with E-state index in [2.05, 4.69) is 10.6 Å². The third-order valence-electron chi connectivity index (χ3n) is 1.82. The summed E-state index contributed by atoms with van der Waals surface area (Å²) in [6.45, 7) is 2.73. The van der Waals surface area contributed by atoms with Gasteiger partial charge in [-0.2, -0.15) is 0 Å². The number of methoxy groups -OCH3 is 1. The van der Waals surface area contributed by atoms with Gasteiger partial charge in [0.1, 0.15) is 6.04 Å². The summed E-state index contributed by atoms with van der Waals surface area (Å²) < 4.78 is 4.80. The highest BCUT2D eigenvalue weighted by Crippen LogP contribution is 1.90. The van der Waals surface area contributed by atoms with Crippen molar-refractivity contribution in [2.45, 2.75) is 25.8 Å². The van der Waals surface area contributed by atoms with Crippen molar-refractivity contribution >= 4 is 12.0 Å². The second-order valence-electron chi connectivity index (χ2n) is 3.05. The van der Waals surface area contributed by atoms with Crippen molar-refractivity contribution in [2.24, 2.45) is 0 Å². The SMILES string of the molecule is CC[C@H](NC(=O)NCCCOC)C(=O)O. The van der Waals surface area contributed by atoms with Crippen LogP contribution in [-0.4, -0.2) is 43.4 Å². The number of urea groups is 1. The fraction of sp³-hybridized carbons (Fsp3) is 0.778. The van der Waals surface area contributed by atoms with Gasteiger partial charge in [0, 0.05) is 20.3 Å². The molecular formula is C9H18N2O4. The van der Waals surface area contributed by atoms with Crippen molar-refractivity contribution in [1.82, 2.24) is 10.6 Å². The summed E-state index contributed by atoms with van der Waals surface area (Å²) in [4.78, 5) is 21.7. The van der Waals surface area contributed by atoms with Crippen molar-refractivity contribution in [1.29, 1.82) is 0 Å². The van der Waals surface area contributed by atoms with E-state index in [1.807, 2.05) is 0 Å². The molecule has 0 spiro atoms. The lowest BCUT2D eigenvalue weighted by molar-refractivity contribution is -0.139. The predicted molar refractivity (Wildman–Crippen MR) is 54.7 cm³/mol. The Bertz CT molecular complexity index is 208. The van der Waals surface area contributed by atoms with Gasteiger partial charge < -0.3 is 20.5 Å². The van der Waals surface area contributed by atoms with Crippen LogP contribution in [0.15, 0.2) is 0 Å². The average Bonchev–Trinajstić information content (AvgIpc) is 2.20. The molecule has 0 heterocycles. The Kier molecular flexibility index (Phi) is 7.35. The van der Waals surface area contributed by atoms with Crippen LogP contribution in [0.2, 0.25) is 0 Å². The zero-order valence-electron chi connectivity index (χ0n) is 9.08. The first-order valence-corrected chi connectivity index (χ1v) is 4.88. The molecule has 6 heteroatoms. The number of hydrogen-bond donors (Lipinski definition) is 3. The summed E-state index contributed by atoms with van der Waals surface area (Å²) in [5, 5.41) is 13.6. The van der Waals surface area contributed by atoms with Gasteiger partial charge in [-0.25, -0.2) is 9.59 Å². The Balaban J connectivity index is 3.67. The van der Waals surface area contributed by atoms with Crippen LogP contribution < -0.4 is 10.6 Å². The number of aliphatic carboxylic acids is 1. The Morgan fingerprint density at radius 1 is 1.47 bits per heavy atom. The highest BCUT2D eigenvalue weighted by Gasteiger charge is 2.16. The van der Waals surface area contributed by atoms with E-state index in [0.717, 1.165) is 0 Å². The lowest BCUT2D eigenvalue weighted by atomic mass is 10.2. The summed E-state index contributed by atoms with van der Waals surface area (Å²) in [5.41, 5.74) is 0. The molecule has 0 saturated heterocycles. The van der Waals surface area contributed by atoms with E-state index in [1.165, 1.54) is 0 Å². The second kappa shape index (κ2) is 8.05. The number of rotatable bonds is 7. The van der Waals surface area contributed by atoms with Crippen LogP contribution in [0.3, 0.4) is 0 Å². The molecule has 0 saturated carbocycles. The van der Waals surface area contributed by atoms with E-state index >= 15 is 0 Å². The molecule has 0 aliphatic rings. The van der Waals surface area contributed by atoms with Crippen molar-refractivity contribution in [2.75, 3.05) is 20.3 Å². The largest absolute Gasteiger partial charge is 0.480 e. The number of carboxylic acid groups (broad SMARTS) is 1. The number of amides is 2. The van der Waals surface area contributed by atoms with Crippen LogP contribution in [0, 0.1) is 0 Å². The maximum Gasteiger partial charge on any atom is 0.326 e. The zero-order chi connectivity index (χ0) is 11.7. The van der Waals surface area contributed by atoms with Gasteiger partial charge in [-0.05, 0) is 12.8 Å². The van der Waals surface area contributed by atoms with E-state index in [-0.39, 0.29) is 0 Å². The number of ether oxygens (including phenoxy) is 1. The molecule has 0 bridgehead atoms. The fourth-order valence-corrected chi connectivity index (χ4v) is 0.966. The number of carbonyl (C=O) groups is 2. The molecule has 0 aliphatic heterocycles. The van der Waals surface area contributed by atoms with Crippen LogP contribution in [0.25, 0.3) is 0 Å². The third kappa shape index (κ3) is 6.73. The molecule has 0 aromatic rings. The molecule has 15 heavy (non-hydrogen) atoms. The first kappa shape index (κ1) is 13.7. The number of carbonyl (C=O) groups excluding carboxylic acids is 1. The molecule has 0 fully saturated rings. The van der Waals surface area contributed by atoms with E-state index in [1.54, 1.807) is 14.0 Å². The van der Waals surface area contributed by atoms with Gasteiger partial charge >= 0.3 is 12.0 Å². The van der Waals surface area contributed by atoms with Crippen molar-refractivity contribution < 1.29 is 19.4 Å². The minimum atomic E-state index is -1.02. The molecule has 1 atom stereocenters. The van der Waals surface area contributed by atoms with Gasteiger partial charge in [-0.15, -0.1) is 0 Å². The van der Waals surface area contributed by atoms with Crippen LogP contribution in [0.1, 0.15) is 19.8 Å². The fourth-order valence-electron chi connectivity index (χ4n) is 0.966. The molecule has 0 unspecified atom stereocenters. The highest BCUT2D eigenvalue weighted by atomic mass is 16.5. The lowest BCUT2D eigenvalue weighted by Gasteiger charge is -2.12. The summed E-state index contributed by atoms with van der Waals surface area (Å²) in [6, 6.07) is -1.28. The molecule has 0 radical (unpaired) electrons. The molecule has 88 valence electrons. The molecule has 3 N–H and O–H groups in total. The van der Waals surface area contributed by atoms with Crippen molar-refractivity contribution in [3.8, 4) is 0 Å². The average molecular weight is 218 g/mol. The first-order valence-electron chi connectivity index (χ1n) is 4.88. The summed E-state index contributed by atoms with van der Waals surface area (Å²) in [5.74, 6) is -1.02. The Morgan fingerprint density at radius 3 is 2.60 bits per heavy atom. The first-order chi connectivity index (χ1) is 7.11. The number of carboxylic acids is 1. The Hall–Kier alpha value is -1.30. The van der Waals surface area contributed by atoms with Crippen LogP contribution in [0.4, 0.5) is 4.79 Å². The minimum absolute atomic E-state index is 0.362. The maximum atomic E-state index is 11.2. The topological polar surface area (TPSA) is 87.7 Å². The van der Waals surface area contributed by atoms with Crippen molar-refractivity contribution in [3.05, 3.63) is 0 Å². The van der Waals surface area contributed by atoms with Crippen molar-refractivity contribution in [3.63, 3.8) is 0 Å². The van der Waals surface area contributed by atoms with Gasteiger partial charge in [-0.3, -0.25) is 0 Å². The lowest BCUT2D eigenvalue weighted by Crippen LogP contribution is -2.45. The Labute approximate surface area is 89.0 Å². The minimum Gasteiger partial charge on any atom is -0.480 e. The van der Waals surface area contributed by atoms with E-state index in [0.29, 0.717) is 26.0 Å². The summed E-state index contributed by atoms with van der Waals surface area (Å²) >= 11 is 0. The van der Waals surface area contributed by atoms with Crippen LogP contribution >= 0.6 is 0 Å². The quantitative estimate of drug-likeness (QED) is 0.532. The van der Waals surface area contributed by atoms with Crippen LogP contribution in [-0.2, 0) is 9.53 Å². The second-order valence-corrected chi connectivity index (χ2v) is 3.05. The van der Waals surface area contributed by atoms with E-state index in [4.69, 9.17) is 9.84 Å². The zero-order valence-corrected chi connectivity index (χ0v) is 9.08. The predicted octanol–water partition coefficient (Wildman–Crippen LogP) is 0.185. The summed E-state index contributed by atoms with van der Waals surface area (Å²) in [6.07, 6.45) is 1.06. The molecule has 0 aromatic heterocycles. The van der Waals surface area contributed by atoms with Gasteiger partial charge in [-0.1, -0.05) is 6.92 Å². The Morgan fingerprint density at radius 2 is 2.13 bits per heavy atom. The molecule has 0 rings (SSSR count). The number of hydrogen-bond acceptors (Lipinski definition) is 3. The molecule has 6 nitrogen and oxygen atoms in total. The number of nitrogens with one attached hydrogen (secondary N) is 2. The molecule has 0 aromatic carbocycles. The van der Waals surface area contributed by atoms with Gasteiger partial charge in [0.15, 0.2) is 0 Å². The monoisotopic (exact) mass is 218 g/mol.